The Morgan fingerprint density at radius 3 is 2.62 bits per heavy atom. The number of nitrogens with one attached hydrogen (secondary N) is 1. The third kappa shape index (κ3) is 4.82. The molecule has 8 heavy (non-hydrogen) atoms. The van der Waals surface area contributed by atoms with Crippen LogP contribution in [0.25, 0.3) is 0 Å². The van der Waals surface area contributed by atoms with Gasteiger partial charge < -0.3 is 11.1 Å². The summed E-state index contributed by atoms with van der Waals surface area (Å²) in [5.41, 5.74) is 5.03. The minimum Gasteiger partial charge on any atom is -0.405 e. The van der Waals surface area contributed by atoms with Crippen LogP contribution in [0.1, 0.15) is 0 Å². The molecule has 0 atom stereocenters. The fraction of sp³-hybridized carbons (Fsp3) is 0. The summed E-state index contributed by atoms with van der Waals surface area (Å²) in [5.74, 6) is 0. The molecule has 0 rings (SSSR count). The topological polar surface area (TPSA) is 38.0 Å². The monoisotopic (exact) mass is 110 g/mol. The number of allylic oxidation sites excluding steroid dienone is 2. The van der Waals surface area contributed by atoms with Crippen molar-refractivity contribution in [3.05, 3.63) is 37.3 Å². The summed E-state index contributed by atoms with van der Waals surface area (Å²) in [4.78, 5) is 0. The summed E-state index contributed by atoms with van der Waals surface area (Å²) in [6, 6.07) is 0. The molecule has 0 saturated carbocycles. The zero-order valence-electron chi connectivity index (χ0n) is 4.67. The highest BCUT2D eigenvalue weighted by Crippen LogP contribution is 1.67. The average Bonchev–Trinajstić information content (AvgIpc) is 1.81. The average molecular weight is 110 g/mol. The second-order valence-corrected chi connectivity index (χ2v) is 1.11. The molecule has 2 nitrogen and oxygen atoms in total. The van der Waals surface area contributed by atoms with E-state index in [0.29, 0.717) is 0 Å². The zero-order valence-corrected chi connectivity index (χ0v) is 4.67. The van der Waals surface area contributed by atoms with Crippen molar-refractivity contribution >= 4 is 0 Å². The maximum absolute atomic E-state index is 5.03. The summed E-state index contributed by atoms with van der Waals surface area (Å²) >= 11 is 0. The first-order valence-electron chi connectivity index (χ1n) is 2.32. The summed E-state index contributed by atoms with van der Waals surface area (Å²) in [5, 5.41) is 2.76. The Balaban J connectivity index is 3.19. The molecule has 0 aromatic heterocycles. The molecular formula is C6H10N2. The van der Waals surface area contributed by atoms with Crippen molar-refractivity contribution in [2.24, 2.45) is 5.73 Å². The molecule has 44 valence electrons. The Kier molecular flexibility index (Phi) is 4.96. The van der Waals surface area contributed by atoms with Crippen molar-refractivity contribution in [3.8, 4) is 0 Å². The maximum Gasteiger partial charge on any atom is 0.000472 e. The highest BCUT2D eigenvalue weighted by Gasteiger charge is 1.57. The molecule has 0 spiro atoms. The fourth-order valence-corrected chi connectivity index (χ4v) is 0.243. The van der Waals surface area contributed by atoms with Gasteiger partial charge in [0.15, 0.2) is 0 Å². The highest BCUT2D eigenvalue weighted by atomic mass is 14.8. The van der Waals surface area contributed by atoms with Crippen LogP contribution in [0.2, 0.25) is 0 Å². The van der Waals surface area contributed by atoms with E-state index in [1.54, 1.807) is 24.6 Å². The van der Waals surface area contributed by atoms with E-state index >= 15 is 0 Å². The van der Waals surface area contributed by atoms with Crippen LogP contribution in [-0.2, 0) is 0 Å². The lowest BCUT2D eigenvalue weighted by Gasteiger charge is -1.80. The molecular weight excluding hydrogens is 100 g/mol. The van der Waals surface area contributed by atoms with Crippen LogP contribution in [0.3, 0.4) is 0 Å². The van der Waals surface area contributed by atoms with Crippen LogP contribution in [-0.4, -0.2) is 0 Å². The zero-order chi connectivity index (χ0) is 6.24. The van der Waals surface area contributed by atoms with E-state index in [9.17, 15) is 0 Å². The molecule has 0 fully saturated rings. The first-order chi connectivity index (χ1) is 3.91. The molecule has 0 aromatic carbocycles. The van der Waals surface area contributed by atoms with E-state index in [-0.39, 0.29) is 0 Å². The standard InChI is InChI=1S/C6H10N2/c1-2-8-6-4-3-5-7/h2-6,8H,1,7H2. The molecule has 0 amide bonds. The lowest BCUT2D eigenvalue weighted by atomic mass is 10.6. The molecule has 0 aromatic rings. The van der Waals surface area contributed by atoms with Crippen LogP contribution >= 0.6 is 0 Å². The van der Waals surface area contributed by atoms with Crippen molar-refractivity contribution in [1.29, 1.82) is 0 Å². The number of rotatable bonds is 3. The summed E-state index contributed by atoms with van der Waals surface area (Å²) < 4.78 is 0. The van der Waals surface area contributed by atoms with Gasteiger partial charge in [-0.15, -0.1) is 0 Å². The highest BCUT2D eigenvalue weighted by molar-refractivity contribution is 5.00. The summed E-state index contributed by atoms with van der Waals surface area (Å²) in [6.07, 6.45) is 8.27. The van der Waals surface area contributed by atoms with E-state index in [0.717, 1.165) is 0 Å². The third-order valence-corrected chi connectivity index (χ3v) is 0.533. The molecule has 0 bridgehead atoms. The minimum absolute atomic E-state index is 1.46. The third-order valence-electron chi connectivity index (χ3n) is 0.533. The lowest BCUT2D eigenvalue weighted by molar-refractivity contribution is 1.20. The number of hydrogen-bond acceptors (Lipinski definition) is 2. The predicted molar refractivity (Wildman–Crippen MR) is 35.8 cm³/mol. The Labute approximate surface area is 49.4 Å². The van der Waals surface area contributed by atoms with Gasteiger partial charge in [-0.3, -0.25) is 0 Å². The molecule has 0 aliphatic carbocycles. The van der Waals surface area contributed by atoms with Gasteiger partial charge in [0, 0.05) is 6.20 Å². The summed E-state index contributed by atoms with van der Waals surface area (Å²) in [7, 11) is 0. The van der Waals surface area contributed by atoms with E-state index in [1.807, 2.05) is 0 Å². The number of nitrogens with two attached hydrogens (primary N) is 1. The molecule has 0 saturated heterocycles. The second-order valence-electron chi connectivity index (χ2n) is 1.11. The van der Waals surface area contributed by atoms with Crippen molar-refractivity contribution < 1.29 is 0 Å². The van der Waals surface area contributed by atoms with Crippen molar-refractivity contribution in [2.45, 2.75) is 0 Å². The Hall–Kier alpha value is -1.18. The van der Waals surface area contributed by atoms with Gasteiger partial charge in [-0.25, -0.2) is 0 Å². The van der Waals surface area contributed by atoms with Crippen LogP contribution in [0.4, 0.5) is 0 Å². The van der Waals surface area contributed by atoms with Gasteiger partial charge in [0.25, 0.3) is 0 Å². The van der Waals surface area contributed by atoms with E-state index < -0.39 is 0 Å². The normalized spacial score (nSPS) is 10.5. The number of hydrogen-bond donors (Lipinski definition) is 2. The molecule has 0 radical (unpaired) electrons. The van der Waals surface area contributed by atoms with Crippen molar-refractivity contribution in [2.75, 3.05) is 0 Å². The molecule has 0 aliphatic rings. The van der Waals surface area contributed by atoms with Gasteiger partial charge in [-0.1, -0.05) is 6.58 Å². The lowest BCUT2D eigenvalue weighted by Crippen LogP contribution is -1.87. The van der Waals surface area contributed by atoms with Gasteiger partial charge in [0.1, 0.15) is 0 Å². The first-order valence-corrected chi connectivity index (χ1v) is 2.32. The SMILES string of the molecule is C=CNC=CC=CN. The molecule has 0 unspecified atom stereocenters. The van der Waals surface area contributed by atoms with E-state index in [1.165, 1.54) is 6.20 Å². The Morgan fingerprint density at radius 1 is 1.38 bits per heavy atom. The van der Waals surface area contributed by atoms with Crippen LogP contribution < -0.4 is 11.1 Å². The largest absolute Gasteiger partial charge is 0.405 e. The summed E-state index contributed by atoms with van der Waals surface area (Å²) in [6.45, 7) is 3.44. The quantitative estimate of drug-likeness (QED) is 0.525. The smallest absolute Gasteiger partial charge is 0.000472 e. The van der Waals surface area contributed by atoms with Crippen LogP contribution in [0, 0.1) is 0 Å². The molecule has 3 N–H and O–H groups in total. The maximum atomic E-state index is 5.03. The second kappa shape index (κ2) is 5.82. The molecule has 2 heteroatoms. The Bertz CT molecular complexity index is 103. The van der Waals surface area contributed by atoms with Gasteiger partial charge in [-0.2, -0.15) is 0 Å². The molecule has 0 aliphatic heterocycles. The van der Waals surface area contributed by atoms with E-state index in [4.69, 9.17) is 5.73 Å². The van der Waals surface area contributed by atoms with Crippen molar-refractivity contribution in [1.82, 2.24) is 5.32 Å². The molecule has 0 heterocycles. The minimum atomic E-state index is 1.46. The van der Waals surface area contributed by atoms with Gasteiger partial charge in [0.05, 0.1) is 0 Å². The van der Waals surface area contributed by atoms with Crippen LogP contribution in [0.5, 0.6) is 0 Å². The fourth-order valence-electron chi connectivity index (χ4n) is 0.243. The van der Waals surface area contributed by atoms with Gasteiger partial charge >= 0.3 is 0 Å². The Morgan fingerprint density at radius 2 is 2.12 bits per heavy atom. The first kappa shape index (κ1) is 6.82. The van der Waals surface area contributed by atoms with E-state index in [2.05, 4.69) is 11.9 Å². The predicted octanol–water partition coefficient (Wildman–Crippen LogP) is 0.706. The van der Waals surface area contributed by atoms with Crippen molar-refractivity contribution in [3.63, 3.8) is 0 Å². The van der Waals surface area contributed by atoms with Gasteiger partial charge in [-0.05, 0) is 24.6 Å². The van der Waals surface area contributed by atoms with Gasteiger partial charge in [0.2, 0.25) is 0 Å². The van der Waals surface area contributed by atoms with Crippen LogP contribution in [0.15, 0.2) is 37.3 Å².